The number of aryl methyl sites for hydroxylation is 1. The molecule has 3 rings (SSSR count). The predicted octanol–water partition coefficient (Wildman–Crippen LogP) is 2.74. The summed E-state index contributed by atoms with van der Waals surface area (Å²) in [6.07, 6.45) is 2.34. The minimum atomic E-state index is -0.291. The van der Waals surface area contributed by atoms with E-state index in [0.29, 0.717) is 23.2 Å². The van der Waals surface area contributed by atoms with Crippen LogP contribution in [0.3, 0.4) is 0 Å². The van der Waals surface area contributed by atoms with Crippen LogP contribution in [-0.2, 0) is 13.5 Å². The fraction of sp³-hybridized carbons (Fsp3) is 0.222. The van der Waals surface area contributed by atoms with Crippen molar-refractivity contribution in [1.82, 2.24) is 15.1 Å². The quantitative estimate of drug-likeness (QED) is 0.663. The second kappa shape index (κ2) is 7.67. The summed E-state index contributed by atoms with van der Waals surface area (Å²) in [6, 6.07) is 13.2. The molecule has 0 saturated heterocycles. The molecule has 2 aromatic heterocycles. The molecular weight excluding hydrogens is 384 g/mol. The highest BCUT2D eigenvalue weighted by atomic mass is 79.9. The van der Waals surface area contributed by atoms with Crippen LogP contribution in [0, 0.1) is 0 Å². The van der Waals surface area contributed by atoms with Crippen LogP contribution in [0.2, 0.25) is 0 Å². The van der Waals surface area contributed by atoms with Crippen molar-refractivity contribution in [2.75, 3.05) is 6.54 Å². The highest BCUT2D eigenvalue weighted by Gasteiger charge is 2.20. The Morgan fingerprint density at radius 3 is 2.76 bits per heavy atom. The van der Waals surface area contributed by atoms with Gasteiger partial charge in [0.15, 0.2) is 11.5 Å². The van der Waals surface area contributed by atoms with Crippen molar-refractivity contribution in [2.24, 2.45) is 12.8 Å². The van der Waals surface area contributed by atoms with E-state index in [1.807, 2.05) is 43.4 Å². The van der Waals surface area contributed by atoms with Gasteiger partial charge in [0.05, 0.1) is 4.47 Å². The molecule has 0 radical (unpaired) electrons. The van der Waals surface area contributed by atoms with E-state index in [1.165, 1.54) is 0 Å². The van der Waals surface area contributed by atoms with Crippen LogP contribution in [0.25, 0.3) is 11.5 Å². The summed E-state index contributed by atoms with van der Waals surface area (Å²) in [6.45, 7) is 0.344. The van der Waals surface area contributed by atoms with Gasteiger partial charge < -0.3 is 15.5 Å². The van der Waals surface area contributed by atoms with Gasteiger partial charge >= 0.3 is 0 Å². The third kappa shape index (κ3) is 4.00. The zero-order chi connectivity index (χ0) is 17.8. The zero-order valence-electron chi connectivity index (χ0n) is 13.8. The second-order valence-corrected chi connectivity index (χ2v) is 6.58. The predicted molar refractivity (Wildman–Crippen MR) is 99.1 cm³/mol. The second-order valence-electron chi connectivity index (χ2n) is 5.72. The van der Waals surface area contributed by atoms with Crippen molar-refractivity contribution in [3.05, 3.63) is 64.5 Å². The molecule has 0 fully saturated rings. The minimum Gasteiger partial charge on any atom is -0.448 e. The van der Waals surface area contributed by atoms with Crippen LogP contribution < -0.4 is 11.1 Å². The summed E-state index contributed by atoms with van der Waals surface area (Å²) in [5.41, 5.74) is 7.72. The smallest absolute Gasteiger partial charge is 0.287 e. The molecule has 2 heterocycles. The van der Waals surface area contributed by atoms with E-state index in [2.05, 4.69) is 26.3 Å². The van der Waals surface area contributed by atoms with Crippen molar-refractivity contribution in [3.8, 4) is 11.5 Å². The first kappa shape index (κ1) is 17.4. The number of aromatic nitrogens is 2. The number of hydrogen-bond donors (Lipinski definition) is 2. The van der Waals surface area contributed by atoms with Crippen LogP contribution in [0.5, 0.6) is 0 Å². The lowest BCUT2D eigenvalue weighted by Gasteiger charge is -2.16. The lowest BCUT2D eigenvalue weighted by atomic mass is 10.1. The summed E-state index contributed by atoms with van der Waals surface area (Å²) in [5, 5.41) is 7.05. The highest BCUT2D eigenvalue weighted by Crippen LogP contribution is 2.31. The molecule has 3 N–H and O–H groups in total. The largest absolute Gasteiger partial charge is 0.448 e. The van der Waals surface area contributed by atoms with Crippen molar-refractivity contribution in [1.29, 1.82) is 0 Å². The number of benzene rings is 1. The van der Waals surface area contributed by atoms with Gasteiger partial charge in [-0.1, -0.05) is 30.3 Å². The van der Waals surface area contributed by atoms with Gasteiger partial charge in [0.2, 0.25) is 0 Å². The summed E-state index contributed by atoms with van der Waals surface area (Å²) >= 11 is 3.44. The zero-order valence-corrected chi connectivity index (χ0v) is 15.4. The van der Waals surface area contributed by atoms with Crippen LogP contribution in [0.1, 0.15) is 16.1 Å². The Hall–Kier alpha value is -2.38. The van der Waals surface area contributed by atoms with Gasteiger partial charge in [0.1, 0.15) is 5.69 Å². The molecule has 1 aromatic carbocycles. The number of nitrogens with one attached hydrogen (secondary N) is 1. The maximum atomic E-state index is 12.5. The molecule has 0 spiro atoms. The molecule has 0 aliphatic heterocycles. The highest BCUT2D eigenvalue weighted by molar-refractivity contribution is 9.10. The normalized spacial score (nSPS) is 12.1. The van der Waals surface area contributed by atoms with Crippen LogP contribution >= 0.6 is 15.9 Å². The number of nitrogens with two attached hydrogens (primary N) is 1. The molecule has 1 unspecified atom stereocenters. The maximum Gasteiger partial charge on any atom is 0.287 e. The van der Waals surface area contributed by atoms with Crippen molar-refractivity contribution >= 4 is 21.8 Å². The molecule has 0 bridgehead atoms. The van der Waals surface area contributed by atoms with Crippen LogP contribution in [0.4, 0.5) is 0 Å². The Bertz CT molecular complexity index is 857. The fourth-order valence-corrected chi connectivity index (χ4v) is 3.09. The number of nitrogens with zero attached hydrogens (tertiary/aromatic N) is 2. The van der Waals surface area contributed by atoms with E-state index in [1.54, 1.807) is 16.9 Å². The van der Waals surface area contributed by atoms with Gasteiger partial charge in [0.25, 0.3) is 5.91 Å². The average Bonchev–Trinajstić information content (AvgIpc) is 3.20. The number of carbonyl (C=O) groups excluding carboxylic acids is 1. The Morgan fingerprint density at radius 1 is 1.36 bits per heavy atom. The van der Waals surface area contributed by atoms with Gasteiger partial charge in [0, 0.05) is 31.9 Å². The van der Waals surface area contributed by atoms with Crippen molar-refractivity contribution in [3.63, 3.8) is 0 Å². The monoisotopic (exact) mass is 402 g/mol. The van der Waals surface area contributed by atoms with Crippen molar-refractivity contribution in [2.45, 2.75) is 12.5 Å². The molecule has 25 heavy (non-hydrogen) atoms. The molecule has 0 saturated carbocycles. The van der Waals surface area contributed by atoms with Gasteiger partial charge in [-0.3, -0.25) is 9.48 Å². The molecule has 1 atom stereocenters. The minimum absolute atomic E-state index is 0.168. The third-order valence-electron chi connectivity index (χ3n) is 3.91. The molecule has 0 aliphatic rings. The first-order valence-corrected chi connectivity index (χ1v) is 8.70. The molecular formula is C18H19BrN4O2. The SMILES string of the molecule is Cn1nccc1-c1oc(C(=O)NC(CN)Cc2ccccc2)cc1Br. The molecule has 3 aromatic rings. The van der Waals surface area contributed by atoms with E-state index < -0.39 is 0 Å². The number of rotatable bonds is 6. The van der Waals surface area contributed by atoms with Gasteiger partial charge in [-0.05, 0) is 34.0 Å². The van der Waals surface area contributed by atoms with Gasteiger partial charge in [-0.25, -0.2) is 0 Å². The molecule has 7 heteroatoms. The Balaban J connectivity index is 1.73. The van der Waals surface area contributed by atoms with E-state index in [4.69, 9.17) is 10.2 Å². The Morgan fingerprint density at radius 2 is 2.12 bits per heavy atom. The first-order chi connectivity index (χ1) is 12.1. The van der Waals surface area contributed by atoms with E-state index in [9.17, 15) is 4.79 Å². The maximum absolute atomic E-state index is 12.5. The number of furan rings is 1. The lowest BCUT2D eigenvalue weighted by Crippen LogP contribution is -2.41. The number of hydrogen-bond acceptors (Lipinski definition) is 4. The summed E-state index contributed by atoms with van der Waals surface area (Å²) in [5.74, 6) is 0.507. The average molecular weight is 403 g/mol. The Kier molecular flexibility index (Phi) is 5.35. The third-order valence-corrected chi connectivity index (χ3v) is 4.50. The number of carbonyl (C=O) groups is 1. The van der Waals surface area contributed by atoms with E-state index in [0.717, 1.165) is 11.3 Å². The molecule has 1 amide bonds. The standard InChI is InChI=1S/C18H19BrN4O2/c1-23-15(7-8-21-23)17-14(19)10-16(25-17)18(24)22-13(11-20)9-12-5-3-2-4-6-12/h2-8,10,13H,9,11,20H2,1H3,(H,22,24). The molecule has 130 valence electrons. The van der Waals surface area contributed by atoms with Crippen LogP contribution in [-0.4, -0.2) is 28.3 Å². The first-order valence-electron chi connectivity index (χ1n) is 7.91. The lowest BCUT2D eigenvalue weighted by molar-refractivity contribution is 0.0911. The fourth-order valence-electron chi connectivity index (χ4n) is 2.60. The van der Waals surface area contributed by atoms with E-state index >= 15 is 0 Å². The van der Waals surface area contributed by atoms with Crippen molar-refractivity contribution < 1.29 is 9.21 Å². The van der Waals surface area contributed by atoms with E-state index in [-0.39, 0.29) is 17.7 Å². The van der Waals surface area contributed by atoms with Gasteiger partial charge in [-0.15, -0.1) is 0 Å². The summed E-state index contributed by atoms with van der Waals surface area (Å²) in [7, 11) is 1.81. The molecule has 0 aliphatic carbocycles. The number of halogens is 1. The Labute approximate surface area is 154 Å². The van der Waals surface area contributed by atoms with Crippen LogP contribution in [0.15, 0.2) is 57.6 Å². The summed E-state index contributed by atoms with van der Waals surface area (Å²) in [4.78, 5) is 12.5. The van der Waals surface area contributed by atoms with Gasteiger partial charge in [-0.2, -0.15) is 5.10 Å². The summed E-state index contributed by atoms with van der Waals surface area (Å²) < 4.78 is 8.12. The molecule has 6 nitrogen and oxygen atoms in total. The number of amides is 1. The topological polar surface area (TPSA) is 86.1 Å².